The number of phosphoric ester groups is 1. The lowest BCUT2D eigenvalue weighted by atomic mass is 9.91. The van der Waals surface area contributed by atoms with Crippen LogP contribution in [0.2, 0.25) is 0 Å². The zero-order chi connectivity index (χ0) is 35.4. The highest BCUT2D eigenvalue weighted by Crippen LogP contribution is 2.35. The molecule has 0 aromatic rings. The highest BCUT2D eigenvalue weighted by molar-refractivity contribution is 7.46. The maximum Gasteiger partial charge on any atom is 0.469 e. The minimum absolute atomic E-state index is 0.0707. The molecular weight excluding hydrogens is 599 g/mol. The molecule has 13 nitrogen and oxygen atoms in total. The Morgan fingerprint density at radius 1 is 0.727 bits per heavy atom. The number of hydrogen-bond donors (Lipinski definition) is 2. The van der Waals surface area contributed by atoms with Gasteiger partial charge in [0.25, 0.3) is 0 Å². The number of methoxy groups -OCH3 is 1. The zero-order valence-electron chi connectivity index (χ0n) is 28.8. The van der Waals surface area contributed by atoms with Crippen LogP contribution in [0.5, 0.6) is 0 Å². The molecule has 0 bridgehead atoms. The number of ether oxygens (including phenoxy) is 5. The Balaban J connectivity index is -0.000000582. The van der Waals surface area contributed by atoms with Crippen molar-refractivity contribution in [3.8, 4) is 0 Å². The lowest BCUT2D eigenvalue weighted by molar-refractivity contribution is -0.162. The molecular formula is C30H57O13P. The molecule has 0 aromatic heterocycles. The van der Waals surface area contributed by atoms with Gasteiger partial charge in [-0.15, -0.1) is 0 Å². The first-order valence-electron chi connectivity index (χ1n) is 14.5. The summed E-state index contributed by atoms with van der Waals surface area (Å²) in [5.74, 6) is -1.30. The van der Waals surface area contributed by atoms with Crippen molar-refractivity contribution in [3.05, 3.63) is 12.2 Å². The summed E-state index contributed by atoms with van der Waals surface area (Å²) in [7, 11) is -2.88. The smallest absolute Gasteiger partial charge is 0.463 e. The van der Waals surface area contributed by atoms with Crippen molar-refractivity contribution < 1.29 is 61.7 Å². The van der Waals surface area contributed by atoms with Gasteiger partial charge in [-0.2, -0.15) is 0 Å². The maximum absolute atomic E-state index is 11.6. The molecule has 0 heterocycles. The Bertz CT molecular complexity index is 935. The minimum atomic E-state index is -4.46. The van der Waals surface area contributed by atoms with Crippen LogP contribution < -0.4 is 0 Å². The van der Waals surface area contributed by atoms with Crippen molar-refractivity contribution in [2.45, 2.75) is 102 Å². The number of phosphoric acid groups is 1. The molecule has 260 valence electrons. The van der Waals surface area contributed by atoms with E-state index in [0.29, 0.717) is 31.6 Å². The monoisotopic (exact) mass is 656 g/mol. The Morgan fingerprint density at radius 2 is 1.09 bits per heavy atom. The summed E-state index contributed by atoms with van der Waals surface area (Å²) in [5, 5.41) is 0. The molecule has 0 aliphatic heterocycles. The Hall–Kier alpha value is -2.31. The van der Waals surface area contributed by atoms with Gasteiger partial charge in [0, 0.05) is 12.7 Å². The van der Waals surface area contributed by atoms with Crippen LogP contribution in [0.25, 0.3) is 0 Å². The molecule has 0 saturated carbocycles. The summed E-state index contributed by atoms with van der Waals surface area (Å²) < 4.78 is 39.0. The van der Waals surface area contributed by atoms with Gasteiger partial charge in [-0.25, -0.2) is 9.36 Å². The first-order chi connectivity index (χ1) is 19.9. The summed E-state index contributed by atoms with van der Waals surface area (Å²) in [5.41, 5.74) is -1.12. The molecule has 0 aliphatic carbocycles. The Morgan fingerprint density at radius 3 is 1.41 bits per heavy atom. The van der Waals surface area contributed by atoms with E-state index in [0.717, 1.165) is 6.42 Å². The lowest BCUT2D eigenvalue weighted by Gasteiger charge is -2.21. The standard InChI is InChI=1S/C13H22O4.C9H18O3.C8H17O6P/c1-7-13(5,6)12(15)16-8-10(4)17-11(14)9(2)3;1-5-9(2,3)8(10)12-7-6-11-4;1-4-8(2,3)7(9)13-5-6-14-15(10,11)12/h10H,2,7-8H2,1,3-6H3;5-7H2,1-4H3;4-6H2,1-3H3,(H2,10,11,12). The Kier molecular flexibility index (Phi) is 23.3. The number of carbonyl (C=O) groups is 4. The quantitative estimate of drug-likeness (QED) is 0.0689. The van der Waals surface area contributed by atoms with Gasteiger partial charge < -0.3 is 33.5 Å². The van der Waals surface area contributed by atoms with Crippen molar-refractivity contribution in [1.82, 2.24) is 0 Å². The molecule has 0 fully saturated rings. The fraction of sp³-hybridized carbons (Fsp3) is 0.800. The molecule has 0 radical (unpaired) electrons. The molecule has 0 saturated heterocycles. The van der Waals surface area contributed by atoms with Crippen LogP contribution in [0.3, 0.4) is 0 Å². The molecule has 0 amide bonds. The topological polar surface area (TPSA) is 181 Å². The van der Waals surface area contributed by atoms with Gasteiger partial charge in [0.05, 0.1) is 29.5 Å². The van der Waals surface area contributed by atoms with Gasteiger partial charge in [0.1, 0.15) is 25.9 Å². The molecule has 0 aliphatic rings. The summed E-state index contributed by atoms with van der Waals surface area (Å²) in [6, 6.07) is 0. The minimum Gasteiger partial charge on any atom is -0.463 e. The molecule has 1 atom stereocenters. The maximum atomic E-state index is 11.6. The Labute approximate surface area is 263 Å². The largest absolute Gasteiger partial charge is 0.469 e. The third kappa shape index (κ3) is 23.1. The third-order valence-corrected chi connectivity index (χ3v) is 7.03. The summed E-state index contributed by atoms with van der Waals surface area (Å²) in [6.07, 6.45) is 1.66. The predicted octanol–water partition coefficient (Wildman–Crippen LogP) is 5.16. The van der Waals surface area contributed by atoms with E-state index < -0.39 is 36.7 Å². The van der Waals surface area contributed by atoms with Crippen LogP contribution in [0.4, 0.5) is 0 Å². The number of carbonyl (C=O) groups excluding carboxylic acids is 4. The van der Waals surface area contributed by atoms with Gasteiger partial charge in [0.2, 0.25) is 0 Å². The van der Waals surface area contributed by atoms with Crippen molar-refractivity contribution in [1.29, 1.82) is 0 Å². The van der Waals surface area contributed by atoms with E-state index >= 15 is 0 Å². The molecule has 1 unspecified atom stereocenters. The molecule has 2 N–H and O–H groups in total. The highest BCUT2D eigenvalue weighted by Gasteiger charge is 2.29. The van der Waals surface area contributed by atoms with Crippen molar-refractivity contribution >= 4 is 31.7 Å². The average Bonchev–Trinajstić information content (AvgIpc) is 2.93. The normalized spacial score (nSPS) is 12.3. The van der Waals surface area contributed by atoms with Crippen LogP contribution in [0.15, 0.2) is 12.2 Å². The number of rotatable bonds is 17. The first kappa shape index (κ1) is 46.1. The van der Waals surface area contributed by atoms with Crippen molar-refractivity contribution in [3.63, 3.8) is 0 Å². The van der Waals surface area contributed by atoms with E-state index in [1.54, 1.807) is 34.8 Å². The van der Waals surface area contributed by atoms with Gasteiger partial charge in [-0.3, -0.25) is 18.9 Å². The third-order valence-electron chi connectivity index (χ3n) is 6.51. The fourth-order valence-electron chi connectivity index (χ4n) is 2.04. The first-order valence-corrected chi connectivity index (χ1v) is 16.0. The van der Waals surface area contributed by atoms with Crippen LogP contribution >= 0.6 is 7.82 Å². The van der Waals surface area contributed by atoms with E-state index in [4.69, 9.17) is 33.5 Å². The SMILES string of the molecule is C=C(C)C(=O)OC(C)COC(=O)C(C)(C)CC.CCC(C)(C)C(=O)OCCOC.CCC(C)(C)C(=O)OCCOP(=O)(O)O. The van der Waals surface area contributed by atoms with E-state index in [2.05, 4.69) is 11.1 Å². The average molecular weight is 657 g/mol. The second kappa shape index (κ2) is 22.2. The van der Waals surface area contributed by atoms with Crippen molar-refractivity contribution in [2.24, 2.45) is 16.2 Å². The van der Waals surface area contributed by atoms with Crippen LogP contribution in [-0.2, 0) is 52.0 Å². The zero-order valence-corrected chi connectivity index (χ0v) is 29.7. The van der Waals surface area contributed by atoms with Crippen LogP contribution in [0.1, 0.15) is 95.4 Å². The molecule has 0 rings (SSSR count). The molecule has 14 heteroatoms. The molecule has 0 spiro atoms. The van der Waals surface area contributed by atoms with Crippen molar-refractivity contribution in [2.75, 3.05) is 40.1 Å². The van der Waals surface area contributed by atoms with Gasteiger partial charge >= 0.3 is 31.7 Å². The number of hydrogen-bond acceptors (Lipinski definition) is 11. The van der Waals surface area contributed by atoms with Crippen LogP contribution in [-0.4, -0.2) is 79.9 Å². The molecule has 44 heavy (non-hydrogen) atoms. The van der Waals surface area contributed by atoms with Gasteiger partial charge in [0.15, 0.2) is 0 Å². The van der Waals surface area contributed by atoms with E-state index in [1.807, 2.05) is 48.5 Å². The predicted molar refractivity (Wildman–Crippen MR) is 165 cm³/mol. The number of esters is 4. The van der Waals surface area contributed by atoms with E-state index in [9.17, 15) is 23.7 Å². The van der Waals surface area contributed by atoms with E-state index in [1.165, 1.54) is 0 Å². The summed E-state index contributed by atoms with van der Waals surface area (Å²) >= 11 is 0. The highest BCUT2D eigenvalue weighted by atomic mass is 31.2. The second-order valence-corrected chi connectivity index (χ2v) is 13.1. The fourth-order valence-corrected chi connectivity index (χ4v) is 2.35. The lowest BCUT2D eigenvalue weighted by Crippen LogP contribution is -2.30. The van der Waals surface area contributed by atoms with Crippen LogP contribution in [0, 0.1) is 16.2 Å². The summed E-state index contributed by atoms with van der Waals surface area (Å²) in [4.78, 5) is 62.1. The van der Waals surface area contributed by atoms with Gasteiger partial charge in [-0.05, 0) is 74.7 Å². The van der Waals surface area contributed by atoms with Gasteiger partial charge in [-0.1, -0.05) is 27.4 Å². The molecule has 0 aromatic carbocycles. The second-order valence-electron chi connectivity index (χ2n) is 11.9. The summed E-state index contributed by atoms with van der Waals surface area (Å²) in [6.45, 7) is 23.7. The van der Waals surface area contributed by atoms with E-state index in [-0.39, 0.29) is 37.2 Å².